The molecule has 8 nitrogen and oxygen atoms in total. The summed E-state index contributed by atoms with van der Waals surface area (Å²) >= 11 is 0. The molecule has 0 saturated carbocycles. The van der Waals surface area contributed by atoms with Crippen molar-refractivity contribution in [2.24, 2.45) is 7.05 Å². The molecule has 13 heteroatoms. The molecule has 0 bridgehead atoms. The van der Waals surface area contributed by atoms with Crippen molar-refractivity contribution in [1.82, 2.24) is 9.13 Å². The first-order valence-corrected chi connectivity index (χ1v) is 8.77. The first kappa shape index (κ1) is 20.2. The Balaban J connectivity index is 2.86. The maximum Gasteiger partial charge on any atom is 0.431 e. The van der Waals surface area contributed by atoms with Crippen LogP contribution < -0.4 is 16.0 Å². The molecule has 0 atom stereocenters. The van der Waals surface area contributed by atoms with Crippen LogP contribution in [0, 0.1) is 17.1 Å². The summed E-state index contributed by atoms with van der Waals surface area (Å²) in [5.41, 5.74) is -6.27. The molecule has 144 valence electrons. The van der Waals surface area contributed by atoms with Gasteiger partial charge in [0.1, 0.15) is 17.6 Å². The lowest BCUT2D eigenvalue weighted by molar-refractivity contribution is -0.144. The van der Waals surface area contributed by atoms with Crippen molar-refractivity contribution in [2.75, 3.05) is 11.0 Å². The molecule has 0 aliphatic heterocycles. The molecule has 0 aliphatic carbocycles. The third kappa shape index (κ3) is 4.00. The Morgan fingerprint density at radius 3 is 2.26 bits per heavy atom. The summed E-state index contributed by atoms with van der Waals surface area (Å²) in [6, 6.07) is 2.84. The third-order valence-electron chi connectivity index (χ3n) is 3.35. The summed E-state index contributed by atoms with van der Waals surface area (Å²) in [5.74, 6) is -1.29. The Morgan fingerprint density at radius 2 is 1.78 bits per heavy atom. The van der Waals surface area contributed by atoms with E-state index in [0.717, 1.165) is 13.3 Å². The lowest BCUT2D eigenvalue weighted by Gasteiger charge is -2.15. The molecule has 0 unspecified atom stereocenters. The Labute approximate surface area is 148 Å². The van der Waals surface area contributed by atoms with Gasteiger partial charge in [0.25, 0.3) is 5.56 Å². The molecular formula is C14H10F4N4O4S. The molecule has 0 saturated heterocycles. The van der Waals surface area contributed by atoms with Gasteiger partial charge in [-0.2, -0.15) is 18.4 Å². The normalized spacial score (nSPS) is 11.9. The van der Waals surface area contributed by atoms with Gasteiger partial charge in [-0.25, -0.2) is 22.2 Å². The number of hydrogen-bond donors (Lipinski definition) is 1. The smallest absolute Gasteiger partial charge is 0.292 e. The molecule has 2 aromatic rings. The van der Waals surface area contributed by atoms with Gasteiger partial charge in [-0.15, -0.1) is 0 Å². The highest BCUT2D eigenvalue weighted by atomic mass is 32.2. The first-order chi connectivity index (χ1) is 12.3. The minimum Gasteiger partial charge on any atom is -0.292 e. The number of anilines is 1. The van der Waals surface area contributed by atoms with E-state index in [1.807, 2.05) is 4.72 Å². The SMILES string of the molecule is Cn1c(C(F)(F)F)cc(=O)n(-c2cc(NS(C)(=O)=O)c(C#N)cc2F)c1=O. The molecule has 0 radical (unpaired) electrons. The van der Waals surface area contributed by atoms with Crippen LogP contribution in [0.3, 0.4) is 0 Å². The summed E-state index contributed by atoms with van der Waals surface area (Å²) in [7, 11) is -3.18. The Kier molecular flexibility index (Phi) is 4.89. The van der Waals surface area contributed by atoms with E-state index in [9.17, 15) is 35.6 Å². The van der Waals surface area contributed by atoms with Crippen LogP contribution in [-0.2, 0) is 23.2 Å². The van der Waals surface area contributed by atoms with Crippen LogP contribution >= 0.6 is 0 Å². The highest BCUT2D eigenvalue weighted by Crippen LogP contribution is 2.27. The number of hydrogen-bond acceptors (Lipinski definition) is 5. The van der Waals surface area contributed by atoms with Crippen molar-refractivity contribution >= 4 is 15.7 Å². The number of alkyl halides is 3. The lowest BCUT2D eigenvalue weighted by Crippen LogP contribution is -2.41. The van der Waals surface area contributed by atoms with E-state index in [0.29, 0.717) is 12.1 Å². The van der Waals surface area contributed by atoms with E-state index < -0.39 is 55.9 Å². The predicted molar refractivity (Wildman–Crippen MR) is 85.4 cm³/mol. The van der Waals surface area contributed by atoms with E-state index in [-0.39, 0.29) is 15.2 Å². The van der Waals surface area contributed by atoms with E-state index in [2.05, 4.69) is 0 Å². The number of nitriles is 1. The Hall–Kier alpha value is -3.14. The summed E-state index contributed by atoms with van der Waals surface area (Å²) in [4.78, 5) is 24.3. The molecule has 2 rings (SSSR count). The molecule has 0 aliphatic rings. The zero-order chi connectivity index (χ0) is 20.7. The van der Waals surface area contributed by atoms with Crippen molar-refractivity contribution in [2.45, 2.75) is 6.18 Å². The first-order valence-electron chi connectivity index (χ1n) is 6.88. The number of sulfonamides is 1. The molecule has 0 fully saturated rings. The van der Waals surface area contributed by atoms with Crippen molar-refractivity contribution in [3.63, 3.8) is 0 Å². The van der Waals surface area contributed by atoms with Crippen LogP contribution in [0.2, 0.25) is 0 Å². The van der Waals surface area contributed by atoms with Gasteiger partial charge in [-0.3, -0.25) is 14.1 Å². The zero-order valence-electron chi connectivity index (χ0n) is 13.6. The predicted octanol–water partition coefficient (Wildman–Crippen LogP) is 0.937. The maximum atomic E-state index is 14.3. The second kappa shape index (κ2) is 6.54. The largest absolute Gasteiger partial charge is 0.431 e. The summed E-state index contributed by atoms with van der Waals surface area (Å²) in [6.07, 6.45) is -4.26. The number of aromatic nitrogens is 2. The van der Waals surface area contributed by atoms with Gasteiger partial charge >= 0.3 is 11.9 Å². The second-order valence-corrected chi connectivity index (χ2v) is 7.13. The molecule has 1 heterocycles. The monoisotopic (exact) mass is 406 g/mol. The minimum atomic E-state index is -5.00. The number of halogens is 4. The minimum absolute atomic E-state index is 0.0964. The van der Waals surface area contributed by atoms with Gasteiger partial charge < -0.3 is 0 Å². The number of nitrogens with zero attached hydrogens (tertiary/aromatic N) is 3. The van der Waals surface area contributed by atoms with Crippen LogP contribution in [0.4, 0.5) is 23.2 Å². The average molecular weight is 406 g/mol. The maximum absolute atomic E-state index is 14.3. The fraction of sp³-hybridized carbons (Fsp3) is 0.214. The second-order valence-electron chi connectivity index (χ2n) is 5.38. The fourth-order valence-corrected chi connectivity index (χ4v) is 2.80. The molecule has 27 heavy (non-hydrogen) atoms. The van der Waals surface area contributed by atoms with Gasteiger partial charge in [-0.1, -0.05) is 0 Å². The van der Waals surface area contributed by atoms with Crippen LogP contribution in [0.15, 0.2) is 27.8 Å². The van der Waals surface area contributed by atoms with Gasteiger partial charge in [0.05, 0.1) is 23.2 Å². The molecule has 1 aromatic carbocycles. The van der Waals surface area contributed by atoms with E-state index in [4.69, 9.17) is 5.26 Å². The van der Waals surface area contributed by atoms with Gasteiger partial charge in [0, 0.05) is 13.1 Å². The average Bonchev–Trinajstić information content (AvgIpc) is 2.51. The zero-order valence-corrected chi connectivity index (χ0v) is 14.4. The Morgan fingerprint density at radius 1 is 1.19 bits per heavy atom. The molecule has 1 aromatic heterocycles. The van der Waals surface area contributed by atoms with Crippen LogP contribution in [0.25, 0.3) is 5.69 Å². The summed E-state index contributed by atoms with van der Waals surface area (Å²) in [6.45, 7) is 0. The lowest BCUT2D eigenvalue weighted by atomic mass is 10.1. The van der Waals surface area contributed by atoms with Gasteiger partial charge in [0.2, 0.25) is 10.0 Å². The number of benzene rings is 1. The van der Waals surface area contributed by atoms with E-state index in [1.165, 1.54) is 6.07 Å². The Bertz CT molecular complexity index is 1190. The fourth-order valence-electron chi connectivity index (χ4n) is 2.23. The van der Waals surface area contributed by atoms with Crippen LogP contribution in [0.1, 0.15) is 11.3 Å². The highest BCUT2D eigenvalue weighted by molar-refractivity contribution is 7.92. The molecular weight excluding hydrogens is 396 g/mol. The van der Waals surface area contributed by atoms with Crippen LogP contribution in [0.5, 0.6) is 0 Å². The summed E-state index contributed by atoms with van der Waals surface area (Å²) in [5, 5.41) is 8.97. The third-order valence-corrected chi connectivity index (χ3v) is 3.94. The quantitative estimate of drug-likeness (QED) is 0.762. The number of rotatable bonds is 3. The number of nitrogens with one attached hydrogen (secondary N) is 1. The van der Waals surface area contributed by atoms with Crippen molar-refractivity contribution in [3.8, 4) is 11.8 Å². The molecule has 0 spiro atoms. The van der Waals surface area contributed by atoms with E-state index in [1.54, 1.807) is 0 Å². The summed E-state index contributed by atoms with van der Waals surface area (Å²) < 4.78 is 77.8. The standard InChI is InChI=1S/C14H10F4N4O4S/c1-21-11(14(16,17)18)5-12(23)22(13(21)24)10-4-9(20-27(2,25)26)7(6-19)3-8(10)15/h3-5,20H,1-2H3. The van der Waals surface area contributed by atoms with Crippen molar-refractivity contribution < 1.29 is 26.0 Å². The van der Waals surface area contributed by atoms with E-state index >= 15 is 0 Å². The molecule has 1 N–H and O–H groups in total. The van der Waals surface area contributed by atoms with Crippen molar-refractivity contribution in [3.05, 3.63) is 56.1 Å². The van der Waals surface area contributed by atoms with Crippen molar-refractivity contribution in [1.29, 1.82) is 5.26 Å². The molecule has 0 amide bonds. The van der Waals surface area contributed by atoms with Gasteiger partial charge in [0.15, 0.2) is 0 Å². The topological polar surface area (TPSA) is 114 Å². The van der Waals surface area contributed by atoms with Gasteiger partial charge in [-0.05, 0) is 12.1 Å². The highest BCUT2D eigenvalue weighted by Gasteiger charge is 2.35. The van der Waals surface area contributed by atoms with Crippen LogP contribution in [-0.4, -0.2) is 23.8 Å².